The summed E-state index contributed by atoms with van der Waals surface area (Å²) in [7, 11) is 3.27. The second-order valence-electron chi connectivity index (χ2n) is 4.34. The fourth-order valence-electron chi connectivity index (χ4n) is 2.64. The first-order valence-corrected chi connectivity index (χ1v) is 5.27. The SMILES string of the molecule is COC(=O)N(C)C1CC2CCC(C1)N2. The molecular weight excluding hydrogens is 180 g/mol. The first kappa shape index (κ1) is 9.77. The van der Waals surface area contributed by atoms with E-state index in [1.54, 1.807) is 4.90 Å². The van der Waals surface area contributed by atoms with Gasteiger partial charge in [-0.3, -0.25) is 0 Å². The normalized spacial score (nSPS) is 35.4. The summed E-state index contributed by atoms with van der Waals surface area (Å²) in [4.78, 5) is 13.1. The minimum atomic E-state index is -0.212. The zero-order valence-corrected chi connectivity index (χ0v) is 8.82. The molecule has 2 unspecified atom stereocenters. The van der Waals surface area contributed by atoms with Crippen LogP contribution < -0.4 is 5.32 Å². The predicted molar refractivity (Wildman–Crippen MR) is 53.1 cm³/mol. The first-order valence-electron chi connectivity index (χ1n) is 5.27. The van der Waals surface area contributed by atoms with Gasteiger partial charge in [-0.2, -0.15) is 0 Å². The lowest BCUT2D eigenvalue weighted by Crippen LogP contribution is -2.48. The van der Waals surface area contributed by atoms with Crippen molar-refractivity contribution < 1.29 is 9.53 Å². The van der Waals surface area contributed by atoms with Crippen molar-refractivity contribution in [2.24, 2.45) is 0 Å². The molecule has 0 aliphatic carbocycles. The second kappa shape index (κ2) is 3.77. The molecule has 2 aliphatic rings. The number of carbonyl (C=O) groups excluding carboxylic acids is 1. The molecule has 2 atom stereocenters. The van der Waals surface area contributed by atoms with Crippen LogP contribution in [-0.2, 0) is 4.74 Å². The van der Waals surface area contributed by atoms with Crippen molar-refractivity contribution in [2.45, 2.75) is 43.8 Å². The molecule has 80 valence electrons. The van der Waals surface area contributed by atoms with Gasteiger partial charge in [0.2, 0.25) is 0 Å². The highest BCUT2D eigenvalue weighted by molar-refractivity contribution is 5.67. The summed E-state index contributed by atoms with van der Waals surface area (Å²) < 4.78 is 4.72. The number of nitrogens with one attached hydrogen (secondary N) is 1. The van der Waals surface area contributed by atoms with E-state index in [-0.39, 0.29) is 6.09 Å². The molecule has 2 rings (SSSR count). The Morgan fingerprint density at radius 3 is 2.43 bits per heavy atom. The molecule has 14 heavy (non-hydrogen) atoms. The third-order valence-corrected chi connectivity index (χ3v) is 3.46. The summed E-state index contributed by atoms with van der Waals surface area (Å²) in [6, 6.07) is 1.60. The van der Waals surface area contributed by atoms with Gasteiger partial charge in [0.15, 0.2) is 0 Å². The number of hydrogen-bond donors (Lipinski definition) is 1. The minimum Gasteiger partial charge on any atom is -0.453 e. The van der Waals surface area contributed by atoms with Crippen LogP contribution in [0.15, 0.2) is 0 Å². The Morgan fingerprint density at radius 2 is 1.93 bits per heavy atom. The van der Waals surface area contributed by atoms with Gasteiger partial charge in [-0.15, -0.1) is 0 Å². The number of methoxy groups -OCH3 is 1. The largest absolute Gasteiger partial charge is 0.453 e. The fraction of sp³-hybridized carbons (Fsp3) is 0.900. The summed E-state index contributed by atoms with van der Waals surface area (Å²) in [5.74, 6) is 0. The van der Waals surface area contributed by atoms with E-state index >= 15 is 0 Å². The van der Waals surface area contributed by atoms with Crippen LogP contribution in [0.2, 0.25) is 0 Å². The number of piperidine rings is 1. The van der Waals surface area contributed by atoms with Crippen molar-refractivity contribution >= 4 is 6.09 Å². The van der Waals surface area contributed by atoms with Gasteiger partial charge in [-0.05, 0) is 25.7 Å². The van der Waals surface area contributed by atoms with Crippen LogP contribution in [0.3, 0.4) is 0 Å². The van der Waals surface area contributed by atoms with Crippen molar-refractivity contribution in [1.82, 2.24) is 10.2 Å². The van der Waals surface area contributed by atoms with Crippen molar-refractivity contribution in [2.75, 3.05) is 14.2 Å². The minimum absolute atomic E-state index is 0.212. The van der Waals surface area contributed by atoms with Crippen molar-refractivity contribution in [3.63, 3.8) is 0 Å². The third-order valence-electron chi connectivity index (χ3n) is 3.46. The van der Waals surface area contributed by atoms with Crippen LogP contribution in [0.4, 0.5) is 4.79 Å². The van der Waals surface area contributed by atoms with Crippen molar-refractivity contribution in [3.05, 3.63) is 0 Å². The summed E-state index contributed by atoms with van der Waals surface area (Å²) in [6.45, 7) is 0. The van der Waals surface area contributed by atoms with Crippen molar-refractivity contribution in [3.8, 4) is 0 Å². The number of hydrogen-bond acceptors (Lipinski definition) is 3. The highest BCUT2D eigenvalue weighted by Gasteiger charge is 2.36. The smallest absolute Gasteiger partial charge is 0.409 e. The zero-order valence-electron chi connectivity index (χ0n) is 8.82. The lowest BCUT2D eigenvalue weighted by Gasteiger charge is -2.34. The Kier molecular flexibility index (Phi) is 2.63. The molecule has 1 N–H and O–H groups in total. The highest BCUT2D eigenvalue weighted by atomic mass is 16.5. The van der Waals surface area contributed by atoms with Gasteiger partial charge in [0.25, 0.3) is 0 Å². The van der Waals surface area contributed by atoms with Gasteiger partial charge in [0.1, 0.15) is 0 Å². The quantitative estimate of drug-likeness (QED) is 0.682. The van der Waals surface area contributed by atoms with Gasteiger partial charge in [-0.25, -0.2) is 4.79 Å². The van der Waals surface area contributed by atoms with Crippen LogP contribution >= 0.6 is 0 Å². The standard InChI is InChI=1S/C10H18N2O2/c1-12(10(13)14-2)9-5-7-3-4-8(6-9)11-7/h7-9,11H,3-6H2,1-2H3. The van der Waals surface area contributed by atoms with Crippen LogP contribution in [0, 0.1) is 0 Å². The molecule has 2 bridgehead atoms. The Balaban J connectivity index is 1.95. The molecular formula is C10H18N2O2. The van der Waals surface area contributed by atoms with E-state index in [0.717, 1.165) is 12.8 Å². The second-order valence-corrected chi connectivity index (χ2v) is 4.34. The topological polar surface area (TPSA) is 41.6 Å². The Bertz CT molecular complexity index is 220. The predicted octanol–water partition coefficient (Wildman–Crippen LogP) is 0.968. The van der Waals surface area contributed by atoms with Gasteiger partial charge in [0.05, 0.1) is 7.11 Å². The Hall–Kier alpha value is -0.770. The molecule has 0 aromatic heterocycles. The molecule has 0 aromatic rings. The van der Waals surface area contributed by atoms with Crippen LogP contribution in [-0.4, -0.2) is 43.3 Å². The molecule has 2 fully saturated rings. The van der Waals surface area contributed by atoms with Crippen LogP contribution in [0.25, 0.3) is 0 Å². The third kappa shape index (κ3) is 1.71. The van der Waals surface area contributed by atoms with E-state index in [9.17, 15) is 4.79 Å². The van der Waals surface area contributed by atoms with E-state index < -0.39 is 0 Å². The first-order chi connectivity index (χ1) is 6.70. The molecule has 2 aliphatic heterocycles. The molecule has 0 spiro atoms. The summed E-state index contributed by atoms with van der Waals surface area (Å²) in [5.41, 5.74) is 0. The Morgan fingerprint density at radius 1 is 1.36 bits per heavy atom. The zero-order chi connectivity index (χ0) is 10.1. The molecule has 0 saturated carbocycles. The maximum Gasteiger partial charge on any atom is 0.409 e. The maximum atomic E-state index is 11.3. The molecule has 0 radical (unpaired) electrons. The molecule has 2 heterocycles. The molecule has 4 heteroatoms. The summed E-state index contributed by atoms with van der Waals surface area (Å²) >= 11 is 0. The van der Waals surface area contributed by atoms with E-state index in [0.29, 0.717) is 18.1 Å². The Labute approximate surface area is 84.6 Å². The number of nitrogens with zero attached hydrogens (tertiary/aromatic N) is 1. The van der Waals surface area contributed by atoms with Crippen LogP contribution in [0.1, 0.15) is 25.7 Å². The molecule has 1 amide bonds. The van der Waals surface area contributed by atoms with Gasteiger partial charge >= 0.3 is 6.09 Å². The summed E-state index contributed by atoms with van der Waals surface area (Å²) in [6.07, 6.45) is 4.45. The number of rotatable bonds is 1. The molecule has 2 saturated heterocycles. The lowest BCUT2D eigenvalue weighted by molar-refractivity contribution is 0.103. The summed E-state index contributed by atoms with van der Waals surface area (Å²) in [5, 5.41) is 3.55. The number of fused-ring (bicyclic) bond motifs is 2. The number of carbonyl (C=O) groups is 1. The monoisotopic (exact) mass is 198 g/mol. The van der Waals surface area contributed by atoms with Gasteiger partial charge in [0, 0.05) is 25.2 Å². The average Bonchev–Trinajstić information content (AvgIpc) is 2.55. The fourth-order valence-corrected chi connectivity index (χ4v) is 2.64. The highest BCUT2D eigenvalue weighted by Crippen LogP contribution is 2.29. The van der Waals surface area contributed by atoms with E-state index in [2.05, 4.69) is 5.32 Å². The van der Waals surface area contributed by atoms with Gasteiger partial charge < -0.3 is 15.0 Å². The molecule has 0 aromatic carbocycles. The molecule has 4 nitrogen and oxygen atoms in total. The van der Waals surface area contributed by atoms with Crippen molar-refractivity contribution in [1.29, 1.82) is 0 Å². The number of ether oxygens (including phenoxy) is 1. The van der Waals surface area contributed by atoms with E-state index in [1.807, 2.05) is 7.05 Å². The van der Waals surface area contributed by atoms with E-state index in [4.69, 9.17) is 4.74 Å². The average molecular weight is 198 g/mol. The van der Waals surface area contributed by atoms with E-state index in [1.165, 1.54) is 20.0 Å². The lowest BCUT2D eigenvalue weighted by atomic mass is 9.99. The maximum absolute atomic E-state index is 11.3. The van der Waals surface area contributed by atoms with Crippen LogP contribution in [0.5, 0.6) is 0 Å². The number of amides is 1. The van der Waals surface area contributed by atoms with Gasteiger partial charge in [-0.1, -0.05) is 0 Å².